The number of hydrogen-bond donors (Lipinski definition) is 7. The number of rotatable bonds is 17. The number of aliphatic hydroxyl groups is 2. The Balaban J connectivity index is 1.34. The molecule has 0 aliphatic heterocycles. The van der Waals surface area contributed by atoms with E-state index in [1.54, 1.807) is 36.4 Å². The molecule has 0 saturated heterocycles. The van der Waals surface area contributed by atoms with Gasteiger partial charge >= 0.3 is 11.9 Å². The molecule has 0 spiro atoms. The fourth-order valence-electron chi connectivity index (χ4n) is 5.60. The van der Waals surface area contributed by atoms with Crippen molar-refractivity contribution in [2.75, 3.05) is 25.6 Å². The number of ketones is 2. The Hall–Kier alpha value is -5.49. The average Bonchev–Trinajstić information content (AvgIpc) is 3.39. The van der Waals surface area contributed by atoms with Crippen molar-refractivity contribution in [3.05, 3.63) is 98.7 Å². The van der Waals surface area contributed by atoms with Crippen molar-refractivity contribution in [2.45, 2.75) is 44.2 Å². The lowest BCUT2D eigenvalue weighted by molar-refractivity contribution is -0.146. The minimum atomic E-state index is -1.55. The lowest BCUT2D eigenvalue weighted by Crippen LogP contribution is -2.52. The fourth-order valence-corrected chi connectivity index (χ4v) is 6.14. The maximum Gasteiger partial charge on any atom is 0.326 e. The number of fused-ring (bicyclic) bond motifs is 1. The van der Waals surface area contributed by atoms with Crippen LogP contribution in [0, 0.1) is 0 Å². The second-order valence-corrected chi connectivity index (χ2v) is 13.4. The number of aliphatic carboxylic acids is 2. The maximum absolute atomic E-state index is 13.5. The van der Waals surface area contributed by atoms with E-state index in [-0.39, 0.29) is 75.1 Å². The van der Waals surface area contributed by atoms with Gasteiger partial charge in [-0.3, -0.25) is 29.3 Å². The van der Waals surface area contributed by atoms with Crippen molar-refractivity contribution < 1.29 is 53.9 Å². The Morgan fingerprint density at radius 2 is 1.73 bits per heavy atom. The number of aromatic nitrogens is 2. The SMILES string of the molecule is COc1nc(O[C@@H]2C(=O)C(=O)c3c(-c4cccc(C(=O)Nc5ccc(CN[C@@](C)(CO)C(=O)O)cn5)c4Cl)cccc32)c(Cl)cc1CNC[C@@H](O)CC(=O)O. The number of benzene rings is 2. The molecule has 2 aromatic carbocycles. The number of Topliss-reactive ketones (excluding diaryl/α,β-unsaturated/α-hetero) is 2. The zero-order chi connectivity index (χ0) is 40.0. The van der Waals surface area contributed by atoms with Gasteiger partial charge in [-0.1, -0.05) is 59.6 Å². The van der Waals surface area contributed by atoms with Gasteiger partial charge in [0.25, 0.3) is 5.91 Å². The van der Waals surface area contributed by atoms with Crippen molar-refractivity contribution in [3.63, 3.8) is 0 Å². The van der Waals surface area contributed by atoms with Gasteiger partial charge in [-0.25, -0.2) is 4.98 Å². The third kappa shape index (κ3) is 9.08. The van der Waals surface area contributed by atoms with Gasteiger partial charge in [-0.15, -0.1) is 0 Å². The van der Waals surface area contributed by atoms with Crippen molar-refractivity contribution >= 4 is 58.4 Å². The summed E-state index contributed by atoms with van der Waals surface area (Å²) in [5, 5.41) is 45.7. The molecule has 1 aliphatic carbocycles. The third-order valence-electron chi connectivity index (χ3n) is 8.65. The molecule has 5 rings (SSSR count). The standard InChI is InChI=1S/C37H35Cl2N5O11/c1-37(17-45,36(52)53)42-14-18-9-10-26(41-13-18)43-33(51)24-8-4-6-22(29(24)39)21-5-3-7-23-28(21)30(49)31(50)32(23)55-35-25(38)11-19(34(44-35)54-2)15-40-16-20(46)12-27(47)48/h3-11,13,20,32,40,42,45-46H,12,14-17H2,1-2H3,(H,47,48)(H,52,53)(H,41,43,51)/t20-,32-,37-/m0/s1. The first-order valence-corrected chi connectivity index (χ1v) is 17.3. The molecule has 0 saturated carbocycles. The number of carboxylic acids is 2. The van der Waals surface area contributed by atoms with Gasteiger partial charge in [-0.05, 0) is 36.2 Å². The van der Waals surface area contributed by atoms with Gasteiger partial charge in [0.2, 0.25) is 23.3 Å². The van der Waals surface area contributed by atoms with E-state index in [9.17, 15) is 39.3 Å². The monoisotopic (exact) mass is 795 g/mol. The van der Waals surface area contributed by atoms with Gasteiger partial charge < -0.3 is 40.5 Å². The summed E-state index contributed by atoms with van der Waals surface area (Å²) in [6, 6.07) is 13.9. The molecule has 0 radical (unpaired) electrons. The summed E-state index contributed by atoms with van der Waals surface area (Å²) in [5.41, 5.74) is 0.330. The molecule has 55 heavy (non-hydrogen) atoms. The number of carbonyl (C=O) groups excluding carboxylic acids is 3. The van der Waals surface area contributed by atoms with Gasteiger partial charge in [-0.2, -0.15) is 4.98 Å². The van der Waals surface area contributed by atoms with E-state index in [4.69, 9.17) is 37.8 Å². The largest absolute Gasteiger partial charge is 0.481 e. The van der Waals surface area contributed by atoms with E-state index >= 15 is 0 Å². The van der Waals surface area contributed by atoms with Crippen LogP contribution in [-0.2, 0) is 27.5 Å². The predicted molar refractivity (Wildman–Crippen MR) is 198 cm³/mol. The summed E-state index contributed by atoms with van der Waals surface area (Å²) >= 11 is 13.3. The summed E-state index contributed by atoms with van der Waals surface area (Å²) < 4.78 is 11.3. The Kier molecular flexibility index (Phi) is 12.8. The molecule has 0 unspecified atom stereocenters. The molecule has 288 valence electrons. The smallest absolute Gasteiger partial charge is 0.326 e. The summed E-state index contributed by atoms with van der Waals surface area (Å²) in [4.78, 5) is 71.0. The minimum Gasteiger partial charge on any atom is -0.481 e. The number of amides is 1. The number of hydrogen-bond acceptors (Lipinski definition) is 13. The fraction of sp³-hybridized carbons (Fsp3) is 0.270. The number of carbonyl (C=O) groups is 5. The molecule has 4 aromatic rings. The van der Waals surface area contributed by atoms with Crippen molar-refractivity contribution in [1.29, 1.82) is 0 Å². The van der Waals surface area contributed by atoms with Crippen LogP contribution in [0.5, 0.6) is 11.8 Å². The molecule has 1 amide bonds. The third-order valence-corrected chi connectivity index (χ3v) is 9.33. The first-order valence-electron chi connectivity index (χ1n) is 16.5. The van der Waals surface area contributed by atoms with E-state index in [1.807, 2.05) is 0 Å². The first-order chi connectivity index (χ1) is 26.2. The van der Waals surface area contributed by atoms with Gasteiger partial charge in [0.15, 0.2) is 6.10 Å². The highest BCUT2D eigenvalue weighted by molar-refractivity contribution is 6.50. The van der Waals surface area contributed by atoms with Crippen LogP contribution in [0.2, 0.25) is 10.0 Å². The van der Waals surface area contributed by atoms with Gasteiger partial charge in [0, 0.05) is 48.1 Å². The molecular weight excluding hydrogens is 761 g/mol. The van der Waals surface area contributed by atoms with Crippen molar-refractivity contribution in [2.24, 2.45) is 0 Å². The summed E-state index contributed by atoms with van der Waals surface area (Å²) in [6.07, 6.45) is -1.57. The number of ether oxygens (including phenoxy) is 2. The van der Waals surface area contributed by atoms with E-state index in [2.05, 4.69) is 25.9 Å². The highest BCUT2D eigenvalue weighted by atomic mass is 35.5. The Bertz CT molecular complexity index is 2150. The molecule has 2 aromatic heterocycles. The van der Waals surface area contributed by atoms with Crippen LogP contribution in [-0.4, -0.2) is 91.7 Å². The molecule has 1 aliphatic rings. The Labute approximate surface area is 323 Å². The van der Waals surface area contributed by atoms with E-state index in [0.717, 1.165) is 0 Å². The Morgan fingerprint density at radius 1 is 1.00 bits per heavy atom. The van der Waals surface area contributed by atoms with Crippen LogP contribution in [0.1, 0.15) is 56.9 Å². The first kappa shape index (κ1) is 40.7. The van der Waals surface area contributed by atoms with Crippen LogP contribution in [0.4, 0.5) is 5.82 Å². The number of halogens is 2. The molecular formula is C37H35Cl2N5O11. The summed E-state index contributed by atoms with van der Waals surface area (Å²) in [5.74, 6) is -4.70. The molecule has 2 heterocycles. The van der Waals surface area contributed by atoms with E-state index < -0.39 is 60.2 Å². The van der Waals surface area contributed by atoms with Gasteiger partial charge in [0.1, 0.15) is 16.4 Å². The number of pyridine rings is 2. The van der Waals surface area contributed by atoms with Crippen LogP contribution in [0.3, 0.4) is 0 Å². The molecule has 7 N–H and O–H groups in total. The summed E-state index contributed by atoms with van der Waals surface area (Å²) in [7, 11) is 1.35. The zero-order valence-corrected chi connectivity index (χ0v) is 30.8. The zero-order valence-electron chi connectivity index (χ0n) is 29.3. The Morgan fingerprint density at radius 3 is 2.38 bits per heavy atom. The minimum absolute atomic E-state index is 0.00933. The number of nitrogens with zero attached hydrogens (tertiary/aromatic N) is 2. The van der Waals surface area contributed by atoms with Crippen LogP contribution in [0.15, 0.2) is 60.8 Å². The van der Waals surface area contributed by atoms with Crippen molar-refractivity contribution in [1.82, 2.24) is 20.6 Å². The number of carboxylic acid groups (broad SMARTS) is 2. The predicted octanol–water partition coefficient (Wildman–Crippen LogP) is 3.45. The number of methoxy groups -OCH3 is 1. The summed E-state index contributed by atoms with van der Waals surface area (Å²) in [6.45, 7) is 0.866. The van der Waals surface area contributed by atoms with Crippen LogP contribution >= 0.6 is 23.2 Å². The van der Waals surface area contributed by atoms with E-state index in [0.29, 0.717) is 11.1 Å². The molecule has 0 bridgehead atoms. The number of anilines is 1. The van der Waals surface area contributed by atoms with Gasteiger partial charge in [0.05, 0.1) is 36.8 Å². The normalized spacial score (nSPS) is 15.2. The highest BCUT2D eigenvalue weighted by Gasteiger charge is 2.43. The van der Waals surface area contributed by atoms with Crippen LogP contribution in [0.25, 0.3) is 11.1 Å². The van der Waals surface area contributed by atoms with E-state index in [1.165, 1.54) is 38.4 Å². The number of aliphatic hydroxyl groups excluding tert-OH is 2. The van der Waals surface area contributed by atoms with Crippen molar-refractivity contribution in [3.8, 4) is 22.9 Å². The quantitative estimate of drug-likeness (QED) is 0.0757. The lowest BCUT2D eigenvalue weighted by atomic mass is 9.95. The van der Waals surface area contributed by atoms with Crippen LogP contribution < -0.4 is 25.4 Å². The topological polar surface area (TPSA) is 247 Å². The lowest BCUT2D eigenvalue weighted by Gasteiger charge is -2.23. The molecule has 16 nitrogen and oxygen atoms in total. The molecule has 3 atom stereocenters. The molecule has 0 fully saturated rings. The second-order valence-electron chi connectivity index (χ2n) is 12.6. The number of nitrogens with one attached hydrogen (secondary N) is 3. The second kappa shape index (κ2) is 17.3. The molecule has 18 heteroatoms. The maximum atomic E-state index is 13.5. The highest BCUT2D eigenvalue weighted by Crippen LogP contribution is 2.42. The average molecular weight is 797 g/mol.